The van der Waals surface area contributed by atoms with Crippen molar-refractivity contribution < 1.29 is 18.6 Å². The first-order valence-electron chi connectivity index (χ1n) is 8.70. The first kappa shape index (κ1) is 18.5. The summed E-state index contributed by atoms with van der Waals surface area (Å²) in [4.78, 5) is 2.19. The molecule has 3 rings (SSSR count). The number of rotatable bonds is 4. The van der Waals surface area contributed by atoms with Crippen LogP contribution < -0.4 is 9.64 Å². The lowest BCUT2D eigenvalue weighted by Gasteiger charge is -2.42. The van der Waals surface area contributed by atoms with Crippen molar-refractivity contribution in [3.05, 3.63) is 28.8 Å². The van der Waals surface area contributed by atoms with Crippen LogP contribution in [-0.4, -0.2) is 29.9 Å². The summed E-state index contributed by atoms with van der Waals surface area (Å²) >= 11 is 6.41. The molecule has 3 nitrogen and oxygen atoms in total. The Kier molecular flexibility index (Phi) is 5.26. The van der Waals surface area contributed by atoms with E-state index < -0.39 is 12.2 Å². The summed E-state index contributed by atoms with van der Waals surface area (Å²) in [6.45, 7) is 1.53. The molecular weight excluding hydrogens is 348 g/mol. The third kappa shape index (κ3) is 3.93. The molecule has 0 bridgehead atoms. The maximum atomic E-state index is 12.6. The van der Waals surface area contributed by atoms with Crippen molar-refractivity contribution in [1.29, 1.82) is 0 Å². The molecule has 0 spiro atoms. The minimum Gasteiger partial charge on any atom is -0.433 e. The Hall–Kier alpha value is -1.33. The molecule has 1 heterocycles. The average Bonchev–Trinajstić information content (AvgIpc) is 2.56. The predicted molar refractivity (Wildman–Crippen MR) is 96.5 cm³/mol. The van der Waals surface area contributed by atoms with Crippen LogP contribution in [0.2, 0.25) is 5.02 Å². The molecule has 1 N–H and O–H groups in total. The number of fused-ring (bicyclic) bond motifs is 1. The number of aliphatic hydroxyl groups is 1. The van der Waals surface area contributed by atoms with Gasteiger partial charge in [-0.15, -0.1) is 0 Å². The highest BCUT2D eigenvalue weighted by molar-refractivity contribution is 6.35. The molecule has 6 heteroatoms. The summed E-state index contributed by atoms with van der Waals surface area (Å²) in [5.74, 6) is 0.299. The average molecular weight is 372 g/mol. The second-order valence-corrected chi connectivity index (χ2v) is 7.79. The summed E-state index contributed by atoms with van der Waals surface area (Å²) in [7, 11) is 0. The number of benzene rings is 1. The van der Waals surface area contributed by atoms with E-state index in [0.29, 0.717) is 6.54 Å². The van der Waals surface area contributed by atoms with Crippen molar-refractivity contribution in [2.24, 2.45) is 5.92 Å². The van der Waals surface area contributed by atoms with Gasteiger partial charge >= 0.3 is 6.61 Å². The van der Waals surface area contributed by atoms with Gasteiger partial charge in [0.25, 0.3) is 0 Å². The molecule has 1 aliphatic heterocycles. The molecule has 0 unspecified atom stereocenters. The minimum absolute atomic E-state index is 0.0147. The number of ether oxygens (including phenoxy) is 1. The van der Waals surface area contributed by atoms with Gasteiger partial charge in [0.15, 0.2) is 0 Å². The van der Waals surface area contributed by atoms with E-state index in [1.54, 1.807) is 6.07 Å². The fraction of sp³-hybridized carbons (Fsp3) is 0.579. The predicted octanol–water partition coefficient (Wildman–Crippen LogP) is 5.10. The number of hydrogen-bond donors (Lipinski definition) is 1. The van der Waals surface area contributed by atoms with Gasteiger partial charge in [-0.05, 0) is 63.1 Å². The summed E-state index contributed by atoms with van der Waals surface area (Å²) in [6, 6.07) is 3.54. The summed E-state index contributed by atoms with van der Waals surface area (Å²) in [5.41, 5.74) is 1.03. The second-order valence-electron chi connectivity index (χ2n) is 7.41. The first-order chi connectivity index (χ1) is 11.8. The van der Waals surface area contributed by atoms with Crippen LogP contribution in [0.1, 0.15) is 45.1 Å². The zero-order valence-corrected chi connectivity index (χ0v) is 15.3. The van der Waals surface area contributed by atoms with E-state index in [9.17, 15) is 13.9 Å². The Morgan fingerprint density at radius 3 is 2.52 bits per heavy atom. The van der Waals surface area contributed by atoms with Crippen LogP contribution >= 0.6 is 11.6 Å². The number of halogens is 3. The largest absolute Gasteiger partial charge is 0.433 e. The maximum Gasteiger partial charge on any atom is 0.387 e. The number of anilines is 1. The molecule has 0 saturated heterocycles. The maximum absolute atomic E-state index is 12.6. The van der Waals surface area contributed by atoms with E-state index in [1.165, 1.54) is 6.07 Å². The van der Waals surface area contributed by atoms with Gasteiger partial charge < -0.3 is 14.7 Å². The van der Waals surface area contributed by atoms with Crippen LogP contribution in [0.5, 0.6) is 5.75 Å². The van der Waals surface area contributed by atoms with Crippen LogP contribution in [-0.2, 0) is 0 Å². The number of nitrogens with zero attached hydrogens (tertiary/aromatic N) is 1. The van der Waals surface area contributed by atoms with Gasteiger partial charge in [0.05, 0.1) is 11.3 Å². The summed E-state index contributed by atoms with van der Waals surface area (Å²) < 4.78 is 29.8. The van der Waals surface area contributed by atoms with Crippen molar-refractivity contribution in [3.8, 4) is 5.75 Å². The van der Waals surface area contributed by atoms with E-state index in [2.05, 4.69) is 15.7 Å². The molecule has 1 saturated carbocycles. The molecule has 1 aromatic carbocycles. The minimum atomic E-state index is -2.90. The van der Waals surface area contributed by atoms with Gasteiger partial charge in [0, 0.05) is 12.6 Å². The van der Waals surface area contributed by atoms with E-state index in [4.69, 9.17) is 11.6 Å². The quantitative estimate of drug-likeness (QED) is 0.798. The van der Waals surface area contributed by atoms with Gasteiger partial charge in [-0.25, -0.2) is 0 Å². The smallest absolute Gasteiger partial charge is 0.387 e. The monoisotopic (exact) mass is 371 g/mol. The molecule has 0 atom stereocenters. The molecule has 25 heavy (non-hydrogen) atoms. The van der Waals surface area contributed by atoms with Crippen LogP contribution in [0.15, 0.2) is 18.2 Å². The highest BCUT2D eigenvalue weighted by Crippen LogP contribution is 2.44. The Bertz CT molecular complexity index is 650. The van der Waals surface area contributed by atoms with Gasteiger partial charge in [-0.2, -0.15) is 8.78 Å². The van der Waals surface area contributed by atoms with Gasteiger partial charge in [-0.1, -0.05) is 23.8 Å². The molecule has 1 aromatic rings. The number of alkyl halides is 2. The highest BCUT2D eigenvalue weighted by Gasteiger charge is 2.35. The fourth-order valence-corrected chi connectivity index (χ4v) is 4.31. The Labute approximate surface area is 152 Å². The van der Waals surface area contributed by atoms with Crippen molar-refractivity contribution in [2.75, 3.05) is 11.4 Å². The lowest BCUT2D eigenvalue weighted by atomic mass is 9.76. The van der Waals surface area contributed by atoms with Crippen molar-refractivity contribution in [1.82, 2.24) is 0 Å². The van der Waals surface area contributed by atoms with E-state index in [-0.39, 0.29) is 22.7 Å². The van der Waals surface area contributed by atoms with Crippen LogP contribution in [0.25, 0.3) is 6.08 Å². The molecule has 0 radical (unpaired) electrons. The van der Waals surface area contributed by atoms with E-state index in [0.717, 1.165) is 36.9 Å². The molecule has 0 aromatic heterocycles. The summed E-state index contributed by atoms with van der Waals surface area (Å²) in [6.07, 6.45) is 7.79. The highest BCUT2D eigenvalue weighted by atomic mass is 35.5. The Morgan fingerprint density at radius 2 is 1.92 bits per heavy atom. The Balaban J connectivity index is 1.83. The zero-order valence-electron chi connectivity index (χ0n) is 14.5. The van der Waals surface area contributed by atoms with E-state index >= 15 is 0 Å². The molecule has 138 valence electrons. The van der Waals surface area contributed by atoms with Gasteiger partial charge in [0.1, 0.15) is 10.8 Å². The van der Waals surface area contributed by atoms with Crippen LogP contribution in [0.4, 0.5) is 14.5 Å². The Morgan fingerprint density at radius 1 is 1.24 bits per heavy atom. The van der Waals surface area contributed by atoms with Crippen molar-refractivity contribution in [3.63, 3.8) is 0 Å². The third-order valence-electron chi connectivity index (χ3n) is 5.35. The first-order valence-corrected chi connectivity index (χ1v) is 9.08. The van der Waals surface area contributed by atoms with Crippen molar-refractivity contribution in [2.45, 2.75) is 57.8 Å². The molecular formula is C19H24ClF2NO2. The molecule has 1 fully saturated rings. The van der Waals surface area contributed by atoms with Crippen molar-refractivity contribution >= 4 is 23.4 Å². The molecule has 2 aliphatic rings. The normalized spacial score (nSPS) is 23.7. The lowest BCUT2D eigenvalue weighted by Crippen LogP contribution is -2.43. The second kappa shape index (κ2) is 7.12. The fourth-order valence-electron chi connectivity index (χ4n) is 3.98. The topological polar surface area (TPSA) is 32.7 Å². The van der Waals surface area contributed by atoms with Crippen LogP contribution in [0.3, 0.4) is 0 Å². The van der Waals surface area contributed by atoms with Gasteiger partial charge in [-0.3, -0.25) is 0 Å². The third-order valence-corrected chi connectivity index (χ3v) is 5.72. The number of hydrogen-bond acceptors (Lipinski definition) is 3. The van der Waals surface area contributed by atoms with Crippen LogP contribution in [0, 0.1) is 5.92 Å². The summed E-state index contributed by atoms with van der Waals surface area (Å²) in [5, 5.41) is 10.5. The van der Waals surface area contributed by atoms with E-state index in [1.807, 2.05) is 19.9 Å². The molecule has 0 amide bonds. The standard InChI is InChI=1S/C19H24ClF2NO2/c1-19(2,24)13-6-8-14(9-7-13)23-11-3-4-12-5-10-15(25-18(21)22)16(20)17(12)23/h3-5,10,13-14,18,24H,6-9,11H2,1-2H3. The SMILES string of the molecule is CC(C)(O)C1CCC(N2CC=Cc3ccc(OC(F)F)c(Cl)c32)CC1. The van der Waals surface area contributed by atoms with Gasteiger partial charge in [0.2, 0.25) is 0 Å². The zero-order chi connectivity index (χ0) is 18.2. The molecule has 1 aliphatic carbocycles. The lowest BCUT2D eigenvalue weighted by molar-refractivity contribution is -0.0497.